The number of hydrogen-bond donors (Lipinski definition) is 2. The average molecular weight is 466 g/mol. The van der Waals surface area contributed by atoms with Crippen molar-refractivity contribution in [1.29, 1.82) is 0 Å². The molecular weight excluding hydrogens is 447 g/mol. The minimum atomic E-state index is -4.53. The molecule has 0 aliphatic heterocycles. The molecular formula is C21H19ClF3N5O2. The fourth-order valence-corrected chi connectivity index (χ4v) is 3.00. The molecule has 0 bridgehead atoms. The Morgan fingerprint density at radius 1 is 1.12 bits per heavy atom. The van der Waals surface area contributed by atoms with Crippen molar-refractivity contribution in [3.63, 3.8) is 0 Å². The number of carbonyl (C=O) groups is 2. The average Bonchev–Trinajstić information content (AvgIpc) is 3.09. The third-order valence-electron chi connectivity index (χ3n) is 4.59. The van der Waals surface area contributed by atoms with Crippen molar-refractivity contribution in [3.05, 3.63) is 76.1 Å². The zero-order valence-electron chi connectivity index (χ0n) is 16.9. The highest BCUT2D eigenvalue weighted by Crippen LogP contribution is 2.30. The number of rotatable bonds is 7. The van der Waals surface area contributed by atoms with Gasteiger partial charge in [0.1, 0.15) is 6.54 Å². The van der Waals surface area contributed by atoms with Crippen molar-refractivity contribution < 1.29 is 22.8 Å². The van der Waals surface area contributed by atoms with E-state index in [-0.39, 0.29) is 23.8 Å². The van der Waals surface area contributed by atoms with Crippen molar-refractivity contribution in [2.45, 2.75) is 26.1 Å². The summed E-state index contributed by atoms with van der Waals surface area (Å²) in [4.78, 5) is 24.6. The van der Waals surface area contributed by atoms with Gasteiger partial charge in [0.2, 0.25) is 5.91 Å². The molecule has 11 heteroatoms. The molecule has 0 saturated heterocycles. The maximum Gasteiger partial charge on any atom is 0.416 e. The van der Waals surface area contributed by atoms with E-state index >= 15 is 0 Å². The van der Waals surface area contributed by atoms with Gasteiger partial charge in [-0.1, -0.05) is 35.0 Å². The molecule has 1 aromatic heterocycles. The molecule has 0 unspecified atom stereocenters. The molecule has 3 aromatic rings. The van der Waals surface area contributed by atoms with Crippen LogP contribution < -0.4 is 10.6 Å². The zero-order chi connectivity index (χ0) is 23.3. The number of anilines is 1. The largest absolute Gasteiger partial charge is 0.416 e. The summed E-state index contributed by atoms with van der Waals surface area (Å²) < 4.78 is 39.8. The maximum absolute atomic E-state index is 12.8. The highest BCUT2D eigenvalue weighted by Gasteiger charge is 2.30. The Balaban J connectivity index is 1.56. The number of nitrogens with zero attached hydrogens (tertiary/aromatic N) is 3. The van der Waals surface area contributed by atoms with Gasteiger partial charge in [-0.25, -0.2) is 4.68 Å². The number of halogens is 4. The minimum absolute atomic E-state index is 0.0290. The van der Waals surface area contributed by atoms with Crippen LogP contribution in [0.3, 0.4) is 0 Å². The van der Waals surface area contributed by atoms with Crippen molar-refractivity contribution in [1.82, 2.24) is 20.3 Å². The molecule has 2 aromatic carbocycles. The van der Waals surface area contributed by atoms with Gasteiger partial charge < -0.3 is 10.6 Å². The van der Waals surface area contributed by atoms with Gasteiger partial charge >= 0.3 is 6.18 Å². The molecule has 3 rings (SSSR count). The van der Waals surface area contributed by atoms with Crippen molar-refractivity contribution in [2.75, 3.05) is 11.9 Å². The van der Waals surface area contributed by atoms with E-state index < -0.39 is 17.6 Å². The van der Waals surface area contributed by atoms with Crippen molar-refractivity contribution in [2.24, 2.45) is 0 Å². The molecule has 0 atom stereocenters. The number of benzene rings is 2. The molecule has 7 nitrogen and oxygen atoms in total. The summed E-state index contributed by atoms with van der Waals surface area (Å²) in [5, 5.41) is 13.3. The number of alkyl halides is 3. The first-order valence-corrected chi connectivity index (χ1v) is 9.91. The number of amides is 2. The lowest BCUT2D eigenvalue weighted by Gasteiger charge is -2.09. The minimum Gasteiger partial charge on any atom is -0.354 e. The summed E-state index contributed by atoms with van der Waals surface area (Å²) in [5.41, 5.74) is 0.323. The van der Waals surface area contributed by atoms with E-state index in [4.69, 9.17) is 11.6 Å². The van der Waals surface area contributed by atoms with E-state index in [9.17, 15) is 22.8 Å². The Morgan fingerprint density at radius 2 is 1.84 bits per heavy atom. The number of aromatic nitrogens is 3. The molecule has 0 fully saturated rings. The van der Waals surface area contributed by atoms with Crippen LogP contribution in [0.5, 0.6) is 0 Å². The molecule has 168 valence electrons. The lowest BCUT2D eigenvalue weighted by molar-refractivity contribution is -0.137. The van der Waals surface area contributed by atoms with Crippen molar-refractivity contribution >= 4 is 29.1 Å². The summed E-state index contributed by atoms with van der Waals surface area (Å²) in [5.74, 6) is -1.05. The van der Waals surface area contributed by atoms with Crippen molar-refractivity contribution in [3.8, 4) is 0 Å². The Hall–Kier alpha value is -3.40. The number of carbonyl (C=O) groups excluding carboxylic acids is 2. The first-order chi connectivity index (χ1) is 15.1. The summed E-state index contributed by atoms with van der Waals surface area (Å²) in [6, 6.07) is 11.5. The lowest BCUT2D eigenvalue weighted by atomic mass is 10.1. The van der Waals surface area contributed by atoms with Gasteiger partial charge in [-0.15, -0.1) is 5.10 Å². The molecule has 2 N–H and O–H groups in total. The van der Waals surface area contributed by atoms with E-state index in [0.29, 0.717) is 23.7 Å². The SMILES string of the molecule is Cc1c(C(=O)Nc2cccc(C(F)(F)F)c2)nnn1CC(=O)NCCc1ccc(Cl)cc1. The predicted molar refractivity (Wildman–Crippen MR) is 112 cm³/mol. The molecule has 0 aliphatic rings. The van der Waals surface area contributed by atoms with Gasteiger partial charge in [0, 0.05) is 17.3 Å². The van der Waals surface area contributed by atoms with Gasteiger partial charge in [-0.05, 0) is 49.2 Å². The molecule has 1 heterocycles. The quantitative estimate of drug-likeness (QED) is 0.554. The highest BCUT2D eigenvalue weighted by molar-refractivity contribution is 6.30. The molecule has 0 saturated carbocycles. The Bertz CT molecular complexity index is 1110. The molecule has 0 spiro atoms. The standard InChI is InChI=1S/C21H19ClF3N5O2/c1-13-19(20(32)27-17-4-2-3-15(11-17)21(23,24)25)28-29-30(13)12-18(31)26-10-9-14-5-7-16(22)8-6-14/h2-8,11H,9-10,12H2,1H3,(H,26,31)(H,27,32). The first-order valence-electron chi connectivity index (χ1n) is 9.53. The van der Waals surface area contributed by atoms with Gasteiger partial charge in [0.15, 0.2) is 5.69 Å². The predicted octanol–water partition coefficient (Wildman–Crippen LogP) is 3.87. The van der Waals surface area contributed by atoms with Crippen LogP contribution in [-0.2, 0) is 23.9 Å². The van der Waals surface area contributed by atoms with Gasteiger partial charge in [0.25, 0.3) is 5.91 Å². The lowest BCUT2D eigenvalue weighted by Crippen LogP contribution is -2.30. The smallest absolute Gasteiger partial charge is 0.354 e. The fraction of sp³-hybridized carbons (Fsp3) is 0.238. The zero-order valence-corrected chi connectivity index (χ0v) is 17.7. The number of hydrogen-bond acceptors (Lipinski definition) is 4. The monoisotopic (exact) mass is 465 g/mol. The summed E-state index contributed by atoms with van der Waals surface area (Å²) >= 11 is 5.84. The van der Waals surface area contributed by atoms with Crippen LogP contribution in [0.2, 0.25) is 5.02 Å². The summed E-state index contributed by atoms with van der Waals surface area (Å²) in [6.45, 7) is 1.79. The van der Waals surface area contributed by atoms with Crippen LogP contribution in [0.1, 0.15) is 27.3 Å². The second-order valence-corrected chi connectivity index (χ2v) is 7.38. The van der Waals surface area contributed by atoms with E-state index in [0.717, 1.165) is 17.7 Å². The van der Waals surface area contributed by atoms with Gasteiger partial charge in [-0.3, -0.25) is 9.59 Å². The summed E-state index contributed by atoms with van der Waals surface area (Å²) in [7, 11) is 0. The fourth-order valence-electron chi connectivity index (χ4n) is 2.87. The first kappa shape index (κ1) is 23.3. The van der Waals surface area contributed by atoms with Crippen LogP contribution in [0, 0.1) is 6.92 Å². The third kappa shape index (κ3) is 6.07. The molecule has 0 aliphatic carbocycles. The molecule has 32 heavy (non-hydrogen) atoms. The number of nitrogens with one attached hydrogen (secondary N) is 2. The Kier molecular flexibility index (Phi) is 7.14. The normalized spacial score (nSPS) is 11.3. The van der Waals surface area contributed by atoms with Crippen LogP contribution in [0.4, 0.5) is 18.9 Å². The van der Waals surface area contributed by atoms with Gasteiger partial charge in [-0.2, -0.15) is 13.2 Å². The Morgan fingerprint density at radius 3 is 2.53 bits per heavy atom. The van der Waals surface area contributed by atoms with Gasteiger partial charge in [0.05, 0.1) is 11.3 Å². The summed E-state index contributed by atoms with van der Waals surface area (Å²) in [6.07, 6.45) is -3.91. The third-order valence-corrected chi connectivity index (χ3v) is 4.84. The topological polar surface area (TPSA) is 88.9 Å². The van der Waals surface area contributed by atoms with Crippen LogP contribution in [0.15, 0.2) is 48.5 Å². The second-order valence-electron chi connectivity index (χ2n) is 6.94. The van der Waals surface area contributed by atoms with E-state index in [1.54, 1.807) is 19.1 Å². The van der Waals surface area contributed by atoms with Crippen LogP contribution in [0.25, 0.3) is 0 Å². The van der Waals surface area contributed by atoms with E-state index in [1.165, 1.54) is 16.8 Å². The molecule has 0 radical (unpaired) electrons. The maximum atomic E-state index is 12.8. The Labute approximate surface area is 186 Å². The van der Waals surface area contributed by atoms with E-state index in [1.807, 2.05) is 12.1 Å². The van der Waals surface area contributed by atoms with Crippen LogP contribution in [-0.4, -0.2) is 33.4 Å². The molecule has 2 amide bonds. The van der Waals surface area contributed by atoms with Crippen LogP contribution >= 0.6 is 11.6 Å². The van der Waals surface area contributed by atoms with E-state index in [2.05, 4.69) is 20.9 Å². The second kappa shape index (κ2) is 9.82. The highest BCUT2D eigenvalue weighted by atomic mass is 35.5.